The Labute approximate surface area is 181 Å². The number of hydrogen-bond donors (Lipinski definition) is 1. The number of phenols is 1. The number of aromatic nitrogens is 3. The standard InChI is InChI=1S/C26H27N3O2/c1-25(2,3)15-9-10-27-23(11-15)29-20-12-16(30)7-8-17(20)18-13-19-22(14-21(18)29)31-24(28-19)26(4,5)6/h7-14,30H,1-6H3. The van der Waals surface area contributed by atoms with Crippen LogP contribution in [0.2, 0.25) is 0 Å². The lowest BCUT2D eigenvalue weighted by molar-refractivity contribution is 0.411. The first-order chi connectivity index (χ1) is 14.5. The molecule has 0 aliphatic rings. The summed E-state index contributed by atoms with van der Waals surface area (Å²) in [6.45, 7) is 12.9. The minimum absolute atomic E-state index is 0.00159. The average molecular weight is 414 g/mol. The number of nitrogens with zero attached hydrogens (tertiary/aromatic N) is 3. The fourth-order valence-electron chi connectivity index (χ4n) is 4.00. The molecular formula is C26H27N3O2. The molecule has 158 valence electrons. The number of hydrogen-bond acceptors (Lipinski definition) is 4. The van der Waals surface area contributed by atoms with Gasteiger partial charge in [-0.05, 0) is 41.3 Å². The molecule has 3 aromatic heterocycles. The van der Waals surface area contributed by atoms with E-state index < -0.39 is 0 Å². The van der Waals surface area contributed by atoms with Crippen LogP contribution in [0.25, 0.3) is 38.7 Å². The molecule has 5 aromatic rings. The first kappa shape index (κ1) is 19.6. The molecule has 0 radical (unpaired) electrons. The Balaban J connectivity index is 1.88. The van der Waals surface area contributed by atoms with Gasteiger partial charge in [0.1, 0.15) is 17.1 Å². The summed E-state index contributed by atoms with van der Waals surface area (Å²) in [5.74, 6) is 1.75. The second-order valence-corrected chi connectivity index (χ2v) is 10.3. The van der Waals surface area contributed by atoms with Gasteiger partial charge in [-0.25, -0.2) is 9.97 Å². The summed E-state index contributed by atoms with van der Waals surface area (Å²) in [7, 11) is 0. The third-order valence-electron chi connectivity index (χ3n) is 5.74. The van der Waals surface area contributed by atoms with Gasteiger partial charge < -0.3 is 9.52 Å². The van der Waals surface area contributed by atoms with Gasteiger partial charge in [-0.15, -0.1) is 0 Å². The molecule has 0 unspecified atom stereocenters. The van der Waals surface area contributed by atoms with Crippen molar-refractivity contribution in [2.45, 2.75) is 52.4 Å². The second kappa shape index (κ2) is 6.33. The van der Waals surface area contributed by atoms with Crippen LogP contribution in [0.4, 0.5) is 0 Å². The molecular weight excluding hydrogens is 386 g/mol. The Morgan fingerprint density at radius 2 is 1.58 bits per heavy atom. The van der Waals surface area contributed by atoms with E-state index in [1.807, 2.05) is 18.3 Å². The highest BCUT2D eigenvalue weighted by atomic mass is 16.3. The quantitative estimate of drug-likeness (QED) is 0.335. The third-order valence-corrected chi connectivity index (χ3v) is 5.74. The van der Waals surface area contributed by atoms with E-state index in [0.717, 1.165) is 44.6 Å². The van der Waals surface area contributed by atoms with Crippen molar-refractivity contribution >= 4 is 32.9 Å². The number of fused-ring (bicyclic) bond motifs is 4. The van der Waals surface area contributed by atoms with Crippen molar-refractivity contribution in [1.82, 2.24) is 14.5 Å². The van der Waals surface area contributed by atoms with Crippen LogP contribution in [0.1, 0.15) is 53.0 Å². The van der Waals surface area contributed by atoms with Crippen molar-refractivity contribution in [2.24, 2.45) is 0 Å². The SMILES string of the molecule is CC(C)(C)c1ccnc(-n2c3cc(O)ccc3c3cc4nc(C(C)(C)C)oc4cc32)c1. The summed E-state index contributed by atoms with van der Waals surface area (Å²) in [6, 6.07) is 13.7. The van der Waals surface area contributed by atoms with Crippen molar-refractivity contribution in [3.63, 3.8) is 0 Å². The topological polar surface area (TPSA) is 64.1 Å². The molecule has 0 bridgehead atoms. The number of pyridine rings is 1. The summed E-state index contributed by atoms with van der Waals surface area (Å²) in [5, 5.41) is 12.3. The molecule has 0 aliphatic heterocycles. The predicted octanol–water partition coefficient (Wildman–Crippen LogP) is 6.62. The largest absolute Gasteiger partial charge is 0.508 e. The number of oxazole rings is 1. The maximum absolute atomic E-state index is 10.2. The van der Waals surface area contributed by atoms with Crippen molar-refractivity contribution in [1.29, 1.82) is 0 Å². The van der Waals surface area contributed by atoms with Gasteiger partial charge >= 0.3 is 0 Å². The smallest absolute Gasteiger partial charge is 0.200 e. The highest BCUT2D eigenvalue weighted by molar-refractivity contribution is 6.12. The van der Waals surface area contributed by atoms with E-state index in [4.69, 9.17) is 9.40 Å². The first-order valence-corrected chi connectivity index (χ1v) is 10.6. The van der Waals surface area contributed by atoms with Crippen molar-refractivity contribution in [2.75, 3.05) is 0 Å². The molecule has 2 aromatic carbocycles. The van der Waals surface area contributed by atoms with E-state index in [0.29, 0.717) is 0 Å². The van der Waals surface area contributed by atoms with Crippen LogP contribution in [0.15, 0.2) is 53.1 Å². The van der Waals surface area contributed by atoms with Crippen LogP contribution in [-0.4, -0.2) is 19.6 Å². The second-order valence-electron chi connectivity index (χ2n) is 10.3. The van der Waals surface area contributed by atoms with Crippen LogP contribution < -0.4 is 0 Å². The maximum Gasteiger partial charge on any atom is 0.200 e. The fraction of sp³-hybridized carbons (Fsp3) is 0.308. The molecule has 5 nitrogen and oxygen atoms in total. The molecule has 0 atom stereocenters. The van der Waals surface area contributed by atoms with Gasteiger partial charge in [0.2, 0.25) is 5.89 Å². The van der Waals surface area contributed by atoms with E-state index in [-0.39, 0.29) is 16.6 Å². The Bertz CT molecular complexity index is 1460. The van der Waals surface area contributed by atoms with Gasteiger partial charge in [-0.3, -0.25) is 4.57 Å². The van der Waals surface area contributed by atoms with Crippen LogP contribution in [0, 0.1) is 0 Å². The van der Waals surface area contributed by atoms with Gasteiger partial charge in [0.25, 0.3) is 0 Å². The molecule has 0 saturated carbocycles. The molecule has 0 fully saturated rings. The molecule has 5 heteroatoms. The van der Waals surface area contributed by atoms with E-state index in [9.17, 15) is 5.11 Å². The van der Waals surface area contributed by atoms with E-state index in [2.05, 4.69) is 69.3 Å². The summed E-state index contributed by atoms with van der Waals surface area (Å²) in [6.07, 6.45) is 1.85. The molecule has 3 heterocycles. The molecule has 0 aliphatic carbocycles. The lowest BCUT2D eigenvalue weighted by Gasteiger charge is -2.20. The van der Waals surface area contributed by atoms with Crippen LogP contribution >= 0.6 is 0 Å². The maximum atomic E-state index is 10.2. The van der Waals surface area contributed by atoms with Crippen molar-refractivity contribution < 1.29 is 9.52 Å². The predicted molar refractivity (Wildman–Crippen MR) is 125 cm³/mol. The van der Waals surface area contributed by atoms with Crippen molar-refractivity contribution in [3.05, 3.63) is 60.1 Å². The van der Waals surface area contributed by atoms with Crippen LogP contribution in [0.3, 0.4) is 0 Å². The van der Waals surface area contributed by atoms with Gasteiger partial charge in [0.05, 0.1) is 11.0 Å². The van der Waals surface area contributed by atoms with E-state index >= 15 is 0 Å². The summed E-state index contributed by atoms with van der Waals surface area (Å²) < 4.78 is 8.23. The van der Waals surface area contributed by atoms with Gasteiger partial charge in [0, 0.05) is 34.5 Å². The number of rotatable bonds is 1. The van der Waals surface area contributed by atoms with E-state index in [1.54, 1.807) is 12.1 Å². The number of phenolic OH excluding ortho intramolecular Hbond substituents is 1. The Hall–Kier alpha value is -3.34. The van der Waals surface area contributed by atoms with Crippen molar-refractivity contribution in [3.8, 4) is 11.6 Å². The lowest BCUT2D eigenvalue weighted by atomic mass is 9.88. The molecule has 0 saturated heterocycles. The summed E-state index contributed by atoms with van der Waals surface area (Å²) in [4.78, 5) is 9.43. The summed E-state index contributed by atoms with van der Waals surface area (Å²) >= 11 is 0. The first-order valence-electron chi connectivity index (χ1n) is 10.6. The fourth-order valence-corrected chi connectivity index (χ4v) is 4.00. The van der Waals surface area contributed by atoms with Crippen LogP contribution in [-0.2, 0) is 10.8 Å². The molecule has 1 N–H and O–H groups in total. The highest BCUT2D eigenvalue weighted by Crippen LogP contribution is 2.37. The average Bonchev–Trinajstić information content (AvgIpc) is 3.23. The zero-order valence-corrected chi connectivity index (χ0v) is 18.8. The molecule has 31 heavy (non-hydrogen) atoms. The number of benzene rings is 2. The Morgan fingerprint density at radius 1 is 0.839 bits per heavy atom. The van der Waals surface area contributed by atoms with Gasteiger partial charge in [-0.2, -0.15) is 0 Å². The van der Waals surface area contributed by atoms with E-state index in [1.165, 1.54) is 5.56 Å². The van der Waals surface area contributed by atoms with Crippen LogP contribution in [0.5, 0.6) is 5.75 Å². The Morgan fingerprint density at radius 3 is 2.29 bits per heavy atom. The zero-order valence-electron chi connectivity index (χ0n) is 18.8. The Kier molecular flexibility index (Phi) is 4.00. The van der Waals surface area contributed by atoms with Gasteiger partial charge in [-0.1, -0.05) is 41.5 Å². The molecule has 5 rings (SSSR count). The minimum atomic E-state index is -0.171. The molecule has 0 spiro atoms. The van der Waals surface area contributed by atoms with Gasteiger partial charge in [0.15, 0.2) is 5.58 Å². The zero-order chi connectivity index (χ0) is 22.1. The molecule has 0 amide bonds. The number of aromatic hydroxyl groups is 1. The normalized spacial score (nSPS) is 13.0. The third kappa shape index (κ3) is 3.16. The summed E-state index contributed by atoms with van der Waals surface area (Å²) in [5.41, 5.74) is 4.48. The highest BCUT2D eigenvalue weighted by Gasteiger charge is 2.23. The monoisotopic (exact) mass is 413 g/mol. The minimum Gasteiger partial charge on any atom is -0.508 e. The lowest BCUT2D eigenvalue weighted by Crippen LogP contribution is -2.12.